The van der Waals surface area contributed by atoms with Crippen molar-refractivity contribution in [2.45, 2.75) is 29.8 Å². The van der Waals surface area contributed by atoms with Gasteiger partial charge in [0.1, 0.15) is 16.3 Å². The molecule has 2 aliphatic heterocycles. The lowest BCUT2D eigenvalue weighted by Crippen LogP contribution is -2.46. The highest BCUT2D eigenvalue weighted by molar-refractivity contribution is 7.90. The molecule has 2 aromatic heterocycles. The van der Waals surface area contributed by atoms with E-state index in [0.29, 0.717) is 18.7 Å². The summed E-state index contributed by atoms with van der Waals surface area (Å²) in [4.78, 5) is 24.1. The molecule has 4 heterocycles. The standard InChI is InChI=1S/C28H26N4O5S/c1-36-26-13-10-18(32-19-8-9-20(32)17-37-16-19)15-27(26)38(34,35)31-28(33)25-12-11-22-21(5-4-7-24(22)30-25)23-6-2-3-14-29-23/h2-7,10-15,19-20H,8-9,16-17H2,1H3,(H,31,33)/t19-,20+. The molecule has 0 aliphatic carbocycles. The fourth-order valence-corrected chi connectivity index (χ4v) is 6.49. The predicted molar refractivity (Wildman–Crippen MR) is 143 cm³/mol. The quantitative estimate of drug-likeness (QED) is 0.401. The van der Waals surface area contributed by atoms with E-state index in [0.717, 1.165) is 35.2 Å². The molecule has 2 bridgehead atoms. The SMILES string of the molecule is COc1ccc(N2[C@@H]3CC[C@H]2COC3)cc1S(=O)(=O)NC(=O)c1ccc2c(-c3ccccn3)cccc2n1. The van der Waals surface area contributed by atoms with E-state index >= 15 is 0 Å². The van der Waals surface area contributed by atoms with Gasteiger partial charge >= 0.3 is 0 Å². The highest BCUT2D eigenvalue weighted by Crippen LogP contribution is 2.37. The summed E-state index contributed by atoms with van der Waals surface area (Å²) in [5, 5.41) is 0.806. The zero-order valence-electron chi connectivity index (χ0n) is 20.7. The number of pyridine rings is 2. The Balaban J connectivity index is 1.30. The third-order valence-electron chi connectivity index (χ3n) is 7.11. The molecule has 194 valence electrons. The minimum atomic E-state index is -4.26. The molecule has 2 saturated heterocycles. The average molecular weight is 531 g/mol. The number of ether oxygens (including phenoxy) is 2. The van der Waals surface area contributed by atoms with Crippen molar-refractivity contribution < 1.29 is 22.7 Å². The van der Waals surface area contributed by atoms with Gasteiger partial charge in [0.25, 0.3) is 15.9 Å². The molecule has 4 aromatic rings. The highest BCUT2D eigenvalue weighted by Gasteiger charge is 2.38. The molecule has 0 radical (unpaired) electrons. The van der Waals surface area contributed by atoms with Gasteiger partial charge < -0.3 is 14.4 Å². The molecule has 0 saturated carbocycles. The average Bonchev–Trinajstić information content (AvgIpc) is 3.19. The van der Waals surface area contributed by atoms with Gasteiger partial charge in [0.2, 0.25) is 0 Å². The Labute approximate surface area is 220 Å². The van der Waals surface area contributed by atoms with Gasteiger partial charge in [-0.1, -0.05) is 18.2 Å². The number of nitrogens with zero attached hydrogens (tertiary/aromatic N) is 3. The van der Waals surface area contributed by atoms with Gasteiger partial charge in [-0.15, -0.1) is 0 Å². The summed E-state index contributed by atoms with van der Waals surface area (Å²) in [6.45, 7) is 1.22. The van der Waals surface area contributed by atoms with Gasteiger partial charge in [-0.05, 0) is 61.4 Å². The topological polar surface area (TPSA) is 111 Å². The monoisotopic (exact) mass is 530 g/mol. The first-order valence-corrected chi connectivity index (χ1v) is 13.9. The van der Waals surface area contributed by atoms with Crippen LogP contribution >= 0.6 is 0 Å². The van der Waals surface area contributed by atoms with Crippen LogP contribution in [0.5, 0.6) is 5.75 Å². The molecule has 6 rings (SSSR count). The summed E-state index contributed by atoms with van der Waals surface area (Å²) in [7, 11) is -2.86. The Bertz CT molecular complexity index is 1610. The third-order valence-corrected chi connectivity index (χ3v) is 8.46. The van der Waals surface area contributed by atoms with Gasteiger partial charge in [0, 0.05) is 22.8 Å². The summed E-state index contributed by atoms with van der Waals surface area (Å²) in [6.07, 6.45) is 3.69. The fraction of sp³-hybridized carbons (Fsp3) is 0.250. The number of carbonyl (C=O) groups is 1. The van der Waals surface area contributed by atoms with E-state index in [-0.39, 0.29) is 28.4 Å². The van der Waals surface area contributed by atoms with Crippen molar-refractivity contribution in [2.24, 2.45) is 0 Å². The maximum atomic E-state index is 13.4. The molecule has 0 unspecified atom stereocenters. The van der Waals surface area contributed by atoms with Crippen molar-refractivity contribution in [2.75, 3.05) is 25.2 Å². The normalized spacial score (nSPS) is 18.9. The Morgan fingerprint density at radius 3 is 2.58 bits per heavy atom. The molecule has 1 N–H and O–H groups in total. The lowest BCUT2D eigenvalue weighted by molar-refractivity contribution is 0.0906. The van der Waals surface area contributed by atoms with E-state index in [1.807, 2.05) is 36.4 Å². The number of carbonyl (C=O) groups excluding carboxylic acids is 1. The molecule has 1 amide bonds. The van der Waals surface area contributed by atoms with Crippen molar-refractivity contribution in [3.63, 3.8) is 0 Å². The zero-order valence-corrected chi connectivity index (χ0v) is 21.5. The minimum absolute atomic E-state index is 0.0133. The van der Waals surface area contributed by atoms with E-state index < -0.39 is 15.9 Å². The first-order valence-electron chi connectivity index (χ1n) is 12.4. The number of rotatable bonds is 6. The van der Waals surface area contributed by atoms with Crippen LogP contribution in [-0.4, -0.2) is 56.7 Å². The summed E-state index contributed by atoms with van der Waals surface area (Å²) in [6, 6.07) is 19.9. The van der Waals surface area contributed by atoms with Crippen LogP contribution in [0, 0.1) is 0 Å². The number of fused-ring (bicyclic) bond motifs is 3. The molecule has 9 nitrogen and oxygen atoms in total. The van der Waals surface area contributed by atoms with Crippen LogP contribution in [0.1, 0.15) is 23.3 Å². The number of nitrogens with one attached hydrogen (secondary N) is 1. The van der Waals surface area contributed by atoms with Crippen molar-refractivity contribution in [3.8, 4) is 17.0 Å². The number of amides is 1. The number of anilines is 1. The van der Waals surface area contributed by atoms with E-state index in [1.165, 1.54) is 13.2 Å². The number of hydrogen-bond acceptors (Lipinski definition) is 8. The van der Waals surface area contributed by atoms with Crippen LogP contribution in [0.25, 0.3) is 22.2 Å². The van der Waals surface area contributed by atoms with Crippen molar-refractivity contribution in [1.29, 1.82) is 0 Å². The second-order valence-electron chi connectivity index (χ2n) is 9.38. The van der Waals surface area contributed by atoms with Crippen LogP contribution in [0.15, 0.2) is 77.8 Å². The summed E-state index contributed by atoms with van der Waals surface area (Å²) in [5.74, 6) is -0.671. The molecule has 2 aromatic carbocycles. The van der Waals surface area contributed by atoms with Crippen LogP contribution in [-0.2, 0) is 14.8 Å². The molecular formula is C28H26N4O5S. The Hall–Kier alpha value is -4.02. The summed E-state index contributed by atoms with van der Waals surface area (Å²) >= 11 is 0. The predicted octanol–water partition coefficient (Wildman–Crippen LogP) is 3.79. The molecule has 2 aliphatic rings. The maximum Gasteiger partial charge on any atom is 0.283 e. The first kappa shape index (κ1) is 24.3. The maximum absolute atomic E-state index is 13.4. The van der Waals surface area contributed by atoms with E-state index in [9.17, 15) is 13.2 Å². The van der Waals surface area contributed by atoms with Gasteiger partial charge in [0.05, 0.1) is 43.6 Å². The summed E-state index contributed by atoms with van der Waals surface area (Å²) < 4.78 is 40.0. The highest BCUT2D eigenvalue weighted by atomic mass is 32.2. The van der Waals surface area contributed by atoms with Gasteiger partial charge in [-0.3, -0.25) is 9.78 Å². The van der Waals surface area contributed by atoms with Gasteiger partial charge in [-0.25, -0.2) is 18.1 Å². The number of aromatic nitrogens is 2. The van der Waals surface area contributed by atoms with E-state index in [2.05, 4.69) is 19.6 Å². The second kappa shape index (κ2) is 9.70. The Morgan fingerprint density at radius 1 is 1.03 bits per heavy atom. The number of sulfonamides is 1. The van der Waals surface area contributed by atoms with E-state index in [1.54, 1.807) is 30.5 Å². The van der Waals surface area contributed by atoms with Gasteiger partial charge in [0.15, 0.2) is 0 Å². The van der Waals surface area contributed by atoms with Crippen LogP contribution in [0.3, 0.4) is 0 Å². The summed E-state index contributed by atoms with van der Waals surface area (Å²) in [5.41, 5.74) is 2.95. The van der Waals surface area contributed by atoms with Crippen molar-refractivity contribution >= 4 is 32.5 Å². The molecule has 38 heavy (non-hydrogen) atoms. The van der Waals surface area contributed by atoms with Crippen LogP contribution in [0.4, 0.5) is 5.69 Å². The molecule has 0 spiro atoms. The molecule has 2 fully saturated rings. The molecular weight excluding hydrogens is 504 g/mol. The lowest BCUT2D eigenvalue weighted by atomic mass is 10.0. The molecule has 2 atom stereocenters. The third kappa shape index (κ3) is 4.35. The largest absolute Gasteiger partial charge is 0.495 e. The van der Waals surface area contributed by atoms with Crippen LogP contribution < -0.4 is 14.4 Å². The number of hydrogen-bond donors (Lipinski definition) is 1. The lowest BCUT2D eigenvalue weighted by Gasteiger charge is -2.36. The number of benzene rings is 2. The Morgan fingerprint density at radius 2 is 1.84 bits per heavy atom. The van der Waals surface area contributed by atoms with Crippen molar-refractivity contribution in [1.82, 2.24) is 14.7 Å². The minimum Gasteiger partial charge on any atom is -0.495 e. The smallest absolute Gasteiger partial charge is 0.283 e. The van der Waals surface area contributed by atoms with Crippen LogP contribution in [0.2, 0.25) is 0 Å². The number of methoxy groups -OCH3 is 1. The Kier molecular flexibility index (Phi) is 6.21. The zero-order chi connectivity index (χ0) is 26.3. The van der Waals surface area contributed by atoms with Gasteiger partial charge in [-0.2, -0.15) is 0 Å². The first-order chi connectivity index (χ1) is 18.4. The second-order valence-corrected chi connectivity index (χ2v) is 11.0. The van der Waals surface area contributed by atoms with Crippen molar-refractivity contribution in [3.05, 3.63) is 78.6 Å². The van der Waals surface area contributed by atoms with E-state index in [4.69, 9.17) is 9.47 Å². The molecule has 10 heteroatoms. The fourth-order valence-electron chi connectivity index (χ4n) is 5.34. The number of morpholine rings is 1.